The summed E-state index contributed by atoms with van der Waals surface area (Å²) in [6.45, 7) is 4.15. The Morgan fingerprint density at radius 2 is 1.96 bits per heavy atom. The van der Waals surface area contributed by atoms with Crippen molar-refractivity contribution in [3.05, 3.63) is 18.1 Å². The molecule has 142 valence electrons. The van der Waals surface area contributed by atoms with Crippen LogP contribution < -0.4 is 5.32 Å². The fourth-order valence-electron chi connectivity index (χ4n) is 4.39. The predicted molar refractivity (Wildman–Crippen MR) is 101 cm³/mol. The number of nitrogens with zero attached hydrogens (tertiary/aromatic N) is 5. The zero-order valence-corrected chi connectivity index (χ0v) is 15.7. The molecule has 0 aromatic carbocycles. The molecule has 0 radical (unpaired) electrons. The molecular formula is C19H30N6O. The van der Waals surface area contributed by atoms with Gasteiger partial charge in [0.25, 0.3) is 5.78 Å². The maximum absolute atomic E-state index is 5.23. The molecule has 1 saturated carbocycles. The third kappa shape index (κ3) is 4.15. The topological polar surface area (TPSA) is 67.6 Å². The maximum Gasteiger partial charge on any atom is 0.254 e. The molecule has 1 saturated heterocycles. The van der Waals surface area contributed by atoms with Gasteiger partial charge in [0.2, 0.25) is 0 Å². The lowest BCUT2D eigenvalue weighted by molar-refractivity contribution is 0.168. The summed E-state index contributed by atoms with van der Waals surface area (Å²) in [4.78, 5) is 11.4. The molecule has 2 aliphatic rings. The molecule has 26 heavy (non-hydrogen) atoms. The van der Waals surface area contributed by atoms with E-state index in [4.69, 9.17) is 4.74 Å². The van der Waals surface area contributed by atoms with Gasteiger partial charge in [-0.15, -0.1) is 0 Å². The number of aromatic nitrogens is 4. The molecule has 1 aliphatic heterocycles. The van der Waals surface area contributed by atoms with Gasteiger partial charge in [-0.1, -0.05) is 19.3 Å². The van der Waals surface area contributed by atoms with E-state index in [2.05, 4.69) is 25.3 Å². The van der Waals surface area contributed by atoms with E-state index >= 15 is 0 Å². The third-order valence-corrected chi connectivity index (χ3v) is 5.78. The van der Waals surface area contributed by atoms with Crippen LogP contribution in [0.25, 0.3) is 5.78 Å². The number of fused-ring (bicyclic) bond motifs is 1. The first-order chi connectivity index (χ1) is 12.8. The number of piperidine rings is 1. The quantitative estimate of drug-likeness (QED) is 0.856. The molecule has 7 heteroatoms. The molecule has 0 bridgehead atoms. The largest absolute Gasteiger partial charge is 0.378 e. The van der Waals surface area contributed by atoms with Crippen molar-refractivity contribution in [3.63, 3.8) is 0 Å². The number of methoxy groups -OCH3 is 1. The molecule has 2 aromatic rings. The number of ether oxygens (including phenoxy) is 1. The van der Waals surface area contributed by atoms with E-state index in [9.17, 15) is 0 Å². The second-order valence-electron chi connectivity index (χ2n) is 7.76. The Balaban J connectivity index is 1.35. The molecule has 0 unspecified atom stereocenters. The lowest BCUT2D eigenvalue weighted by Gasteiger charge is -2.35. The Morgan fingerprint density at radius 1 is 1.15 bits per heavy atom. The van der Waals surface area contributed by atoms with Crippen LogP contribution in [0.1, 0.15) is 50.6 Å². The molecule has 0 spiro atoms. The van der Waals surface area contributed by atoms with Gasteiger partial charge in [0.1, 0.15) is 12.1 Å². The molecular weight excluding hydrogens is 328 g/mol. The number of rotatable bonds is 6. The minimum atomic E-state index is 0.475. The van der Waals surface area contributed by atoms with E-state index in [1.165, 1.54) is 64.6 Å². The summed E-state index contributed by atoms with van der Waals surface area (Å²) >= 11 is 0. The number of nitrogens with one attached hydrogen (secondary N) is 1. The highest BCUT2D eigenvalue weighted by Gasteiger charge is 2.23. The summed E-state index contributed by atoms with van der Waals surface area (Å²) in [5.41, 5.74) is 0.880. The van der Waals surface area contributed by atoms with E-state index in [-0.39, 0.29) is 0 Å². The van der Waals surface area contributed by atoms with Crippen LogP contribution in [0, 0.1) is 5.92 Å². The van der Waals surface area contributed by atoms with Gasteiger partial charge in [0.05, 0.1) is 12.3 Å². The fourth-order valence-corrected chi connectivity index (χ4v) is 4.39. The van der Waals surface area contributed by atoms with Crippen molar-refractivity contribution in [2.24, 2.45) is 5.92 Å². The van der Waals surface area contributed by atoms with Gasteiger partial charge < -0.3 is 15.0 Å². The van der Waals surface area contributed by atoms with Crippen LogP contribution >= 0.6 is 0 Å². The van der Waals surface area contributed by atoms with Gasteiger partial charge in [-0.3, -0.25) is 0 Å². The number of hydrogen-bond donors (Lipinski definition) is 1. The van der Waals surface area contributed by atoms with Crippen molar-refractivity contribution in [2.75, 3.05) is 32.1 Å². The molecule has 2 aromatic heterocycles. The van der Waals surface area contributed by atoms with E-state index in [0.29, 0.717) is 18.4 Å². The summed E-state index contributed by atoms with van der Waals surface area (Å²) in [6.07, 6.45) is 11.1. The zero-order valence-electron chi connectivity index (χ0n) is 15.7. The highest BCUT2D eigenvalue weighted by Crippen LogP contribution is 2.26. The van der Waals surface area contributed by atoms with Crippen LogP contribution in [-0.2, 0) is 11.3 Å². The Hall–Kier alpha value is -1.73. The lowest BCUT2D eigenvalue weighted by Crippen LogP contribution is -2.41. The molecule has 7 nitrogen and oxygen atoms in total. The van der Waals surface area contributed by atoms with E-state index in [1.54, 1.807) is 18.0 Å². The number of hydrogen-bond acceptors (Lipinski definition) is 6. The summed E-state index contributed by atoms with van der Waals surface area (Å²) < 4.78 is 7.02. The van der Waals surface area contributed by atoms with E-state index in [0.717, 1.165) is 17.4 Å². The maximum atomic E-state index is 5.23. The summed E-state index contributed by atoms with van der Waals surface area (Å²) in [5.74, 6) is 2.52. The molecule has 1 N–H and O–H groups in total. The fraction of sp³-hybridized carbons (Fsp3) is 0.737. The van der Waals surface area contributed by atoms with Gasteiger partial charge in [0, 0.05) is 38.9 Å². The Kier molecular flexibility index (Phi) is 5.65. The Morgan fingerprint density at radius 3 is 2.73 bits per heavy atom. The van der Waals surface area contributed by atoms with Crippen molar-refractivity contribution in [2.45, 2.75) is 57.6 Å². The SMILES string of the molecule is COCc1cc(NC2CCN(CC3CCCCC3)CC2)n2ncnc2n1. The first-order valence-corrected chi connectivity index (χ1v) is 9.99. The average molecular weight is 358 g/mol. The highest BCUT2D eigenvalue weighted by molar-refractivity contribution is 5.45. The molecule has 2 fully saturated rings. The smallest absolute Gasteiger partial charge is 0.254 e. The Bertz CT molecular complexity index is 703. The van der Waals surface area contributed by atoms with Crippen molar-refractivity contribution >= 4 is 11.6 Å². The first-order valence-electron chi connectivity index (χ1n) is 9.99. The minimum Gasteiger partial charge on any atom is -0.378 e. The molecule has 0 atom stereocenters. The second kappa shape index (κ2) is 8.31. The van der Waals surface area contributed by atoms with Crippen molar-refractivity contribution < 1.29 is 4.74 Å². The monoisotopic (exact) mass is 358 g/mol. The minimum absolute atomic E-state index is 0.475. The van der Waals surface area contributed by atoms with Crippen molar-refractivity contribution in [1.29, 1.82) is 0 Å². The highest BCUT2D eigenvalue weighted by atomic mass is 16.5. The van der Waals surface area contributed by atoms with Crippen molar-refractivity contribution in [3.8, 4) is 0 Å². The molecule has 1 aliphatic carbocycles. The summed E-state index contributed by atoms with van der Waals surface area (Å²) in [6, 6.07) is 2.50. The van der Waals surface area contributed by atoms with Gasteiger partial charge in [-0.05, 0) is 31.6 Å². The van der Waals surface area contributed by atoms with Crippen LogP contribution in [-0.4, -0.2) is 57.3 Å². The molecule has 3 heterocycles. The standard InChI is InChI=1S/C19H30N6O/c1-26-13-17-11-18(25-19(23-17)20-14-21-25)22-16-7-9-24(10-8-16)12-15-5-3-2-4-6-15/h11,14-16,22H,2-10,12-13H2,1H3. The summed E-state index contributed by atoms with van der Waals surface area (Å²) in [7, 11) is 1.69. The van der Waals surface area contributed by atoms with Crippen LogP contribution in [0.3, 0.4) is 0 Å². The van der Waals surface area contributed by atoms with E-state index < -0.39 is 0 Å². The second-order valence-corrected chi connectivity index (χ2v) is 7.76. The van der Waals surface area contributed by atoms with Crippen LogP contribution in [0.5, 0.6) is 0 Å². The summed E-state index contributed by atoms with van der Waals surface area (Å²) in [5, 5.41) is 7.98. The van der Waals surface area contributed by atoms with E-state index in [1.807, 2.05) is 6.07 Å². The van der Waals surface area contributed by atoms with Crippen LogP contribution in [0.4, 0.5) is 5.82 Å². The van der Waals surface area contributed by atoms with Crippen LogP contribution in [0.2, 0.25) is 0 Å². The van der Waals surface area contributed by atoms with Gasteiger partial charge in [-0.2, -0.15) is 14.6 Å². The third-order valence-electron chi connectivity index (χ3n) is 5.78. The average Bonchev–Trinajstić information content (AvgIpc) is 3.13. The first kappa shape index (κ1) is 17.7. The van der Waals surface area contributed by atoms with Crippen molar-refractivity contribution in [1.82, 2.24) is 24.5 Å². The zero-order chi connectivity index (χ0) is 17.8. The number of anilines is 1. The van der Waals surface area contributed by atoms with Gasteiger partial charge in [0.15, 0.2) is 0 Å². The predicted octanol–water partition coefficient (Wildman–Crippen LogP) is 2.73. The molecule has 0 amide bonds. The molecule has 4 rings (SSSR count). The number of likely N-dealkylation sites (tertiary alicyclic amines) is 1. The normalized spacial score (nSPS) is 20.7. The van der Waals surface area contributed by atoms with Gasteiger partial charge >= 0.3 is 0 Å². The van der Waals surface area contributed by atoms with Gasteiger partial charge in [-0.25, -0.2) is 4.98 Å². The Labute approximate surface area is 155 Å². The van der Waals surface area contributed by atoms with Crippen LogP contribution in [0.15, 0.2) is 12.4 Å². The lowest BCUT2D eigenvalue weighted by atomic mass is 9.88.